The molecule has 11 heteroatoms. The lowest BCUT2D eigenvalue weighted by Crippen LogP contribution is -2.43. The number of aromatic nitrogens is 3. The molecule has 4 aliphatic rings. The van der Waals surface area contributed by atoms with Gasteiger partial charge >= 0.3 is 6.01 Å². The van der Waals surface area contributed by atoms with Crippen LogP contribution in [0.2, 0.25) is 0 Å². The number of halogens is 1. The molecule has 0 bridgehead atoms. The summed E-state index contributed by atoms with van der Waals surface area (Å²) < 4.78 is 20.2. The number of fused-ring (bicyclic) bond motifs is 2. The number of anilines is 2. The summed E-state index contributed by atoms with van der Waals surface area (Å²) in [5, 5.41) is 11.8. The number of amides is 1. The standard InChI is InChI=1S/C35H39FN8O2/c1-22-6-5-7-24-17-38-18-30(31(22)24)42-13-11-28-29(20-42)39-34(46-21-25-16-35(25,3)41(4)26-8-9-26)40-32(28)43-14-15-44(33(45)23(2)36)27(19-43)10-12-37/h5-7,17-19,25-26H,2,8-11,13-16,20-21H2,1,3-4H3/t25?,35-/m1/s1. The minimum atomic E-state index is -1.05. The molecule has 1 unspecified atom stereocenters. The highest BCUT2D eigenvalue weighted by Gasteiger charge is 2.56. The van der Waals surface area contributed by atoms with E-state index in [0.717, 1.165) is 35.3 Å². The predicted molar refractivity (Wildman–Crippen MR) is 174 cm³/mol. The van der Waals surface area contributed by atoms with Crippen molar-refractivity contribution >= 4 is 28.2 Å². The van der Waals surface area contributed by atoms with Gasteiger partial charge in [0.1, 0.15) is 5.82 Å². The summed E-state index contributed by atoms with van der Waals surface area (Å²) in [5.41, 5.74) is 4.66. The van der Waals surface area contributed by atoms with Crippen LogP contribution in [0, 0.1) is 24.2 Å². The molecule has 7 rings (SSSR count). The van der Waals surface area contributed by atoms with Gasteiger partial charge in [0, 0.05) is 65.9 Å². The van der Waals surface area contributed by atoms with E-state index in [4.69, 9.17) is 14.7 Å². The number of carbonyl (C=O) groups excluding carboxylic acids is 1. The lowest BCUT2D eigenvalue weighted by atomic mass is 10.0. The highest BCUT2D eigenvalue weighted by atomic mass is 19.1. The maximum absolute atomic E-state index is 13.8. The first-order valence-corrected chi connectivity index (χ1v) is 16.0. The highest BCUT2D eigenvalue weighted by Crippen LogP contribution is 2.51. The number of pyridine rings is 1. The maximum Gasteiger partial charge on any atom is 0.318 e. The van der Waals surface area contributed by atoms with E-state index in [1.54, 1.807) is 6.20 Å². The van der Waals surface area contributed by atoms with E-state index in [2.05, 4.69) is 66.5 Å². The van der Waals surface area contributed by atoms with Crippen molar-refractivity contribution in [3.63, 3.8) is 0 Å². The number of hydrogen-bond donors (Lipinski definition) is 0. The number of aryl methyl sites for hydroxylation is 1. The molecule has 2 aromatic heterocycles. The SMILES string of the molecule is C=C(F)C(=O)N1CCN(c2nc(OCC3C[C@@]3(C)N(C)C3CC3)nc3c2CCN(c2cncc4cccc(C)c24)C3)C=C1CC#N. The third kappa shape index (κ3) is 5.45. The zero-order chi connectivity index (χ0) is 32.2. The summed E-state index contributed by atoms with van der Waals surface area (Å²) >= 11 is 0. The number of allylic oxidation sites excluding steroid dienone is 1. The van der Waals surface area contributed by atoms with Crippen LogP contribution in [-0.4, -0.2) is 75.5 Å². The third-order valence-corrected chi connectivity index (χ3v) is 10.3. The quantitative estimate of drug-likeness (QED) is 0.304. The van der Waals surface area contributed by atoms with E-state index in [-0.39, 0.29) is 18.5 Å². The van der Waals surface area contributed by atoms with Crippen molar-refractivity contribution in [3.8, 4) is 12.1 Å². The Labute approximate surface area is 268 Å². The molecule has 2 fully saturated rings. The molecule has 3 aromatic rings. The topological polar surface area (TPSA) is 102 Å². The average Bonchev–Trinajstić information content (AvgIpc) is 4.00. The fourth-order valence-electron chi connectivity index (χ4n) is 7.13. The zero-order valence-corrected chi connectivity index (χ0v) is 26.7. The van der Waals surface area contributed by atoms with Crippen LogP contribution in [0.4, 0.5) is 15.9 Å². The monoisotopic (exact) mass is 622 g/mol. The number of benzene rings is 1. The molecular formula is C35H39FN8O2. The van der Waals surface area contributed by atoms with Gasteiger partial charge in [-0.05, 0) is 52.1 Å². The van der Waals surface area contributed by atoms with Gasteiger partial charge < -0.3 is 19.4 Å². The van der Waals surface area contributed by atoms with Gasteiger partial charge in [0.05, 0.1) is 48.9 Å². The first kappa shape index (κ1) is 30.1. The van der Waals surface area contributed by atoms with E-state index in [1.165, 1.54) is 28.7 Å². The fraction of sp³-hybridized carbons (Fsp3) is 0.457. The fourth-order valence-corrected chi connectivity index (χ4v) is 7.13. The van der Waals surface area contributed by atoms with Gasteiger partial charge in [-0.3, -0.25) is 14.7 Å². The van der Waals surface area contributed by atoms with Crippen molar-refractivity contribution in [2.75, 3.05) is 43.1 Å². The van der Waals surface area contributed by atoms with Crippen LogP contribution in [0.5, 0.6) is 6.01 Å². The lowest BCUT2D eigenvalue weighted by molar-refractivity contribution is -0.126. The minimum Gasteiger partial charge on any atom is -0.463 e. The van der Waals surface area contributed by atoms with Crippen molar-refractivity contribution < 1.29 is 13.9 Å². The van der Waals surface area contributed by atoms with Crippen molar-refractivity contribution in [1.82, 2.24) is 24.8 Å². The van der Waals surface area contributed by atoms with E-state index in [9.17, 15) is 14.4 Å². The lowest BCUT2D eigenvalue weighted by Gasteiger charge is -2.36. The number of nitriles is 1. The molecular weight excluding hydrogens is 583 g/mol. The van der Waals surface area contributed by atoms with Crippen molar-refractivity contribution in [1.29, 1.82) is 5.26 Å². The molecule has 10 nitrogen and oxygen atoms in total. The van der Waals surface area contributed by atoms with E-state index < -0.39 is 11.7 Å². The summed E-state index contributed by atoms with van der Waals surface area (Å²) in [6, 6.07) is 9.35. The number of ether oxygens (including phenoxy) is 1. The summed E-state index contributed by atoms with van der Waals surface area (Å²) in [6.45, 7) is 9.99. The highest BCUT2D eigenvalue weighted by molar-refractivity contribution is 5.96. The van der Waals surface area contributed by atoms with E-state index in [1.807, 2.05) is 17.3 Å². The average molecular weight is 623 g/mol. The van der Waals surface area contributed by atoms with Crippen LogP contribution in [-0.2, 0) is 17.8 Å². The van der Waals surface area contributed by atoms with E-state index in [0.29, 0.717) is 55.6 Å². The summed E-state index contributed by atoms with van der Waals surface area (Å²) in [5.74, 6) is -0.784. The van der Waals surface area contributed by atoms with Gasteiger partial charge in [0.25, 0.3) is 5.91 Å². The number of rotatable bonds is 9. The number of hydrogen-bond acceptors (Lipinski definition) is 9. The van der Waals surface area contributed by atoms with Crippen LogP contribution in [0.15, 0.2) is 54.9 Å². The van der Waals surface area contributed by atoms with Crippen molar-refractivity contribution in [2.24, 2.45) is 5.92 Å². The second kappa shape index (κ2) is 11.7. The molecule has 2 aliphatic heterocycles. The molecule has 4 heterocycles. The molecule has 238 valence electrons. The Bertz CT molecular complexity index is 1790. The maximum atomic E-state index is 13.8. The zero-order valence-electron chi connectivity index (χ0n) is 26.7. The van der Waals surface area contributed by atoms with Crippen LogP contribution in [0.25, 0.3) is 10.8 Å². The molecule has 0 saturated heterocycles. The van der Waals surface area contributed by atoms with Crippen LogP contribution in [0.1, 0.15) is 49.4 Å². The van der Waals surface area contributed by atoms with Gasteiger partial charge in [0.2, 0.25) is 0 Å². The predicted octanol–water partition coefficient (Wildman–Crippen LogP) is 5.03. The summed E-state index contributed by atoms with van der Waals surface area (Å²) in [4.78, 5) is 35.0. The van der Waals surface area contributed by atoms with Gasteiger partial charge in [-0.15, -0.1) is 0 Å². The summed E-state index contributed by atoms with van der Waals surface area (Å²) in [7, 11) is 2.22. The second-order valence-corrected chi connectivity index (χ2v) is 13.2. The minimum absolute atomic E-state index is 0.0534. The van der Waals surface area contributed by atoms with Crippen LogP contribution < -0.4 is 14.5 Å². The van der Waals surface area contributed by atoms with Gasteiger partial charge in [-0.1, -0.05) is 24.8 Å². The molecule has 0 spiro atoms. The molecule has 46 heavy (non-hydrogen) atoms. The number of carbonyl (C=O) groups is 1. The second-order valence-electron chi connectivity index (χ2n) is 13.2. The molecule has 0 N–H and O–H groups in total. The van der Waals surface area contributed by atoms with Gasteiger partial charge in [-0.2, -0.15) is 15.2 Å². The van der Waals surface area contributed by atoms with E-state index >= 15 is 0 Å². The van der Waals surface area contributed by atoms with Gasteiger partial charge in [0.15, 0.2) is 5.83 Å². The Kier molecular flexibility index (Phi) is 7.64. The van der Waals surface area contributed by atoms with Crippen LogP contribution >= 0.6 is 0 Å². The summed E-state index contributed by atoms with van der Waals surface area (Å²) in [6.07, 6.45) is 9.79. The Hall–Kier alpha value is -4.56. The smallest absolute Gasteiger partial charge is 0.318 e. The molecule has 2 atom stereocenters. The van der Waals surface area contributed by atoms with Gasteiger partial charge in [-0.25, -0.2) is 4.39 Å². The first-order chi connectivity index (χ1) is 22.2. The van der Waals surface area contributed by atoms with Crippen molar-refractivity contribution in [3.05, 3.63) is 71.7 Å². The Morgan fingerprint density at radius 1 is 1.24 bits per heavy atom. The van der Waals surface area contributed by atoms with Crippen molar-refractivity contribution in [2.45, 2.75) is 64.1 Å². The Morgan fingerprint density at radius 3 is 2.83 bits per heavy atom. The third-order valence-electron chi connectivity index (χ3n) is 10.3. The molecule has 1 amide bonds. The first-order valence-electron chi connectivity index (χ1n) is 16.0. The Morgan fingerprint density at radius 2 is 2.07 bits per heavy atom. The van der Waals surface area contributed by atoms with Crippen LogP contribution in [0.3, 0.4) is 0 Å². The molecule has 2 saturated carbocycles. The largest absolute Gasteiger partial charge is 0.463 e. The Balaban J connectivity index is 1.22. The molecule has 1 aromatic carbocycles. The number of nitrogens with zero attached hydrogens (tertiary/aromatic N) is 8. The molecule has 2 aliphatic carbocycles. The molecule has 0 radical (unpaired) electrons. The normalized spacial score (nSPS) is 22.4.